The van der Waals surface area contributed by atoms with Crippen LogP contribution in [0.4, 0.5) is 0 Å². The summed E-state index contributed by atoms with van der Waals surface area (Å²) in [5.74, 6) is -0.0768. The van der Waals surface area contributed by atoms with Crippen LogP contribution in [0, 0.1) is 0 Å². The van der Waals surface area contributed by atoms with Gasteiger partial charge in [0.25, 0.3) is 5.91 Å². The average molecular weight is 280 g/mol. The summed E-state index contributed by atoms with van der Waals surface area (Å²) in [4.78, 5) is 15.1. The number of benzene rings is 2. The normalized spacial score (nSPS) is 10.5. The second-order valence-electron chi connectivity index (χ2n) is 4.47. The first-order valence-electron chi connectivity index (χ1n) is 6.26. The molecule has 0 fully saturated rings. The molecule has 0 aliphatic heterocycles. The Morgan fingerprint density at radius 2 is 1.86 bits per heavy atom. The van der Waals surface area contributed by atoms with Gasteiger partial charge in [0.1, 0.15) is 5.75 Å². The van der Waals surface area contributed by atoms with Crippen molar-refractivity contribution in [3.63, 3.8) is 0 Å². The number of aromatic hydroxyl groups is 1. The monoisotopic (exact) mass is 280 g/mol. The molecule has 0 spiro atoms. The van der Waals surface area contributed by atoms with Gasteiger partial charge in [0, 0.05) is 11.1 Å². The van der Waals surface area contributed by atoms with Gasteiger partial charge in [-0.3, -0.25) is 9.89 Å². The first-order chi connectivity index (χ1) is 10.1. The van der Waals surface area contributed by atoms with E-state index in [2.05, 4.69) is 15.2 Å². The van der Waals surface area contributed by atoms with Gasteiger partial charge >= 0.3 is 0 Å². The van der Waals surface area contributed by atoms with Gasteiger partial charge < -0.3 is 10.8 Å². The number of H-pyrrole nitrogens is 1. The van der Waals surface area contributed by atoms with Crippen LogP contribution >= 0.6 is 0 Å². The maximum Gasteiger partial charge on any atom is 0.286 e. The first kappa shape index (κ1) is 12.9. The van der Waals surface area contributed by atoms with Crippen molar-refractivity contribution in [2.45, 2.75) is 0 Å². The van der Waals surface area contributed by atoms with E-state index in [0.717, 1.165) is 11.1 Å². The molecule has 1 heterocycles. The zero-order chi connectivity index (χ0) is 14.8. The van der Waals surface area contributed by atoms with Gasteiger partial charge in [-0.1, -0.05) is 36.4 Å². The van der Waals surface area contributed by atoms with Crippen LogP contribution < -0.4 is 5.73 Å². The average Bonchev–Trinajstić information content (AvgIpc) is 2.98. The molecule has 0 bridgehead atoms. The Balaban J connectivity index is 2.04. The number of nitrogens with one attached hydrogen (secondary N) is 1. The van der Waals surface area contributed by atoms with Crippen LogP contribution in [0.5, 0.6) is 5.75 Å². The van der Waals surface area contributed by atoms with E-state index in [4.69, 9.17) is 5.73 Å². The predicted molar refractivity (Wildman–Crippen MR) is 77.4 cm³/mol. The summed E-state index contributed by atoms with van der Waals surface area (Å²) in [6.07, 6.45) is 0. The molecular formula is C15H12N4O2. The minimum atomic E-state index is -0.661. The van der Waals surface area contributed by atoms with E-state index < -0.39 is 5.91 Å². The Kier molecular flexibility index (Phi) is 3.12. The Morgan fingerprint density at radius 1 is 1.10 bits per heavy atom. The lowest BCUT2D eigenvalue weighted by atomic mass is 10.0. The number of para-hydroxylation sites is 1. The molecule has 21 heavy (non-hydrogen) atoms. The lowest BCUT2D eigenvalue weighted by Gasteiger charge is -2.05. The highest BCUT2D eigenvalue weighted by Crippen LogP contribution is 2.30. The van der Waals surface area contributed by atoms with Crippen LogP contribution in [0.25, 0.3) is 22.5 Å². The second kappa shape index (κ2) is 5.09. The van der Waals surface area contributed by atoms with Crippen molar-refractivity contribution in [2.75, 3.05) is 0 Å². The minimum Gasteiger partial charge on any atom is -0.507 e. The predicted octanol–water partition coefficient (Wildman–Crippen LogP) is 1.94. The third-order valence-corrected chi connectivity index (χ3v) is 3.05. The molecule has 3 rings (SSSR count). The summed E-state index contributed by atoms with van der Waals surface area (Å²) in [6, 6.07) is 14.4. The molecule has 0 radical (unpaired) electrons. The zero-order valence-corrected chi connectivity index (χ0v) is 10.9. The summed E-state index contributed by atoms with van der Waals surface area (Å²) in [5, 5.41) is 16.4. The van der Waals surface area contributed by atoms with E-state index in [1.165, 1.54) is 0 Å². The van der Waals surface area contributed by atoms with Gasteiger partial charge in [0.05, 0.1) is 0 Å². The van der Waals surface area contributed by atoms with Gasteiger partial charge in [-0.15, -0.1) is 0 Å². The SMILES string of the molecule is NC(=O)c1nc(-c2cccc(-c3ccccc3O)c2)n[nH]1. The molecule has 4 N–H and O–H groups in total. The number of rotatable bonds is 3. The number of carbonyl (C=O) groups is 1. The third-order valence-electron chi connectivity index (χ3n) is 3.05. The van der Waals surface area contributed by atoms with E-state index >= 15 is 0 Å². The van der Waals surface area contributed by atoms with Crippen LogP contribution in [0.2, 0.25) is 0 Å². The van der Waals surface area contributed by atoms with Crippen LogP contribution in [0.3, 0.4) is 0 Å². The molecular weight excluding hydrogens is 268 g/mol. The van der Waals surface area contributed by atoms with Crippen molar-refractivity contribution in [1.82, 2.24) is 15.2 Å². The number of amides is 1. The Morgan fingerprint density at radius 3 is 2.57 bits per heavy atom. The number of hydrogen-bond donors (Lipinski definition) is 3. The lowest BCUT2D eigenvalue weighted by Crippen LogP contribution is -2.12. The molecule has 0 aliphatic rings. The fourth-order valence-electron chi connectivity index (χ4n) is 2.04. The fourth-order valence-corrected chi connectivity index (χ4v) is 2.04. The van der Waals surface area contributed by atoms with Crippen molar-refractivity contribution in [2.24, 2.45) is 5.73 Å². The van der Waals surface area contributed by atoms with Crippen molar-refractivity contribution in [3.8, 4) is 28.3 Å². The van der Waals surface area contributed by atoms with Crippen LogP contribution in [0.15, 0.2) is 48.5 Å². The summed E-state index contributed by atoms with van der Waals surface area (Å²) in [7, 11) is 0. The highest BCUT2D eigenvalue weighted by Gasteiger charge is 2.11. The molecule has 3 aromatic rings. The molecule has 1 aromatic heterocycles. The number of phenols is 1. The molecule has 1 amide bonds. The Labute approximate surface area is 120 Å². The standard InChI is InChI=1S/C15H12N4O2/c16-13(21)15-17-14(18-19-15)10-5-3-4-9(8-10)11-6-1-2-7-12(11)20/h1-8,20H,(H2,16,21)(H,17,18,19). The quantitative estimate of drug-likeness (QED) is 0.681. The van der Waals surface area contributed by atoms with Crippen molar-refractivity contribution < 1.29 is 9.90 Å². The number of phenolic OH excluding ortho intramolecular Hbond substituents is 1. The van der Waals surface area contributed by atoms with Crippen LogP contribution in [0.1, 0.15) is 10.6 Å². The number of nitrogens with zero attached hydrogens (tertiary/aromatic N) is 2. The molecule has 6 heteroatoms. The third kappa shape index (κ3) is 2.46. The molecule has 0 atom stereocenters. The van der Waals surface area contributed by atoms with Crippen molar-refractivity contribution in [3.05, 3.63) is 54.4 Å². The summed E-state index contributed by atoms with van der Waals surface area (Å²) >= 11 is 0. The van der Waals surface area contributed by atoms with Crippen molar-refractivity contribution >= 4 is 5.91 Å². The number of carbonyl (C=O) groups excluding carboxylic acids is 1. The summed E-state index contributed by atoms with van der Waals surface area (Å²) in [6.45, 7) is 0. The lowest BCUT2D eigenvalue weighted by molar-refractivity contribution is 0.0991. The molecule has 0 saturated heterocycles. The number of aromatic nitrogens is 3. The summed E-state index contributed by atoms with van der Waals surface area (Å²) < 4.78 is 0. The topological polar surface area (TPSA) is 105 Å². The largest absolute Gasteiger partial charge is 0.507 e. The molecule has 0 unspecified atom stereocenters. The minimum absolute atomic E-state index is 0.0120. The van der Waals surface area contributed by atoms with Gasteiger partial charge in [-0.05, 0) is 17.7 Å². The number of hydrogen-bond acceptors (Lipinski definition) is 4. The molecule has 2 aromatic carbocycles. The number of aromatic amines is 1. The Bertz CT molecular complexity index is 811. The summed E-state index contributed by atoms with van der Waals surface area (Å²) in [5.41, 5.74) is 7.40. The van der Waals surface area contributed by atoms with Crippen LogP contribution in [-0.2, 0) is 0 Å². The first-order valence-corrected chi connectivity index (χ1v) is 6.26. The maximum absolute atomic E-state index is 11.0. The van der Waals surface area contributed by atoms with Crippen LogP contribution in [-0.4, -0.2) is 26.2 Å². The van der Waals surface area contributed by atoms with Crippen molar-refractivity contribution in [1.29, 1.82) is 0 Å². The zero-order valence-electron chi connectivity index (χ0n) is 10.9. The molecule has 0 saturated carbocycles. The fraction of sp³-hybridized carbons (Fsp3) is 0. The number of primary amides is 1. The van der Waals surface area contributed by atoms with E-state index in [0.29, 0.717) is 11.4 Å². The molecule has 6 nitrogen and oxygen atoms in total. The van der Waals surface area contributed by atoms with Gasteiger partial charge in [0.2, 0.25) is 5.82 Å². The Hall–Kier alpha value is -3.15. The maximum atomic E-state index is 11.0. The number of nitrogens with two attached hydrogens (primary N) is 1. The van der Waals surface area contributed by atoms with Gasteiger partial charge in [-0.25, -0.2) is 4.98 Å². The van der Waals surface area contributed by atoms with Gasteiger partial charge in [-0.2, -0.15) is 5.10 Å². The smallest absolute Gasteiger partial charge is 0.286 e. The second-order valence-corrected chi connectivity index (χ2v) is 4.47. The van der Waals surface area contributed by atoms with E-state index in [1.807, 2.05) is 36.4 Å². The molecule has 104 valence electrons. The molecule has 0 aliphatic carbocycles. The van der Waals surface area contributed by atoms with E-state index in [9.17, 15) is 9.90 Å². The van der Waals surface area contributed by atoms with E-state index in [-0.39, 0.29) is 11.6 Å². The van der Waals surface area contributed by atoms with Gasteiger partial charge in [0.15, 0.2) is 5.82 Å². The highest BCUT2D eigenvalue weighted by molar-refractivity contribution is 5.89. The van der Waals surface area contributed by atoms with E-state index in [1.54, 1.807) is 12.1 Å². The highest BCUT2D eigenvalue weighted by atomic mass is 16.3.